The maximum Gasteiger partial charge on any atom is 0.264 e. The molecule has 0 aromatic heterocycles. The van der Waals surface area contributed by atoms with Crippen molar-refractivity contribution < 1.29 is 22.7 Å². The van der Waals surface area contributed by atoms with Crippen molar-refractivity contribution in [2.24, 2.45) is 0 Å². The number of para-hydroxylation sites is 2. The molecule has 0 aliphatic heterocycles. The van der Waals surface area contributed by atoms with Gasteiger partial charge in [0.1, 0.15) is 18.3 Å². The minimum atomic E-state index is -4.23. The molecule has 2 atom stereocenters. The van der Waals surface area contributed by atoms with Gasteiger partial charge in [0, 0.05) is 28.2 Å². The Morgan fingerprint density at radius 1 is 0.902 bits per heavy atom. The second-order valence-electron chi connectivity index (χ2n) is 9.46. The number of carbonyl (C=O) groups excluding carboxylic acids is 2. The maximum atomic E-state index is 14.2. The fraction of sp³-hybridized carbons (Fsp3) is 0.333. The van der Waals surface area contributed by atoms with Crippen molar-refractivity contribution >= 4 is 50.7 Å². The summed E-state index contributed by atoms with van der Waals surface area (Å²) in [5.74, 6) is -0.701. The van der Waals surface area contributed by atoms with Crippen LogP contribution in [0.25, 0.3) is 0 Å². The number of anilines is 1. The van der Waals surface area contributed by atoms with Crippen molar-refractivity contribution in [3.8, 4) is 5.75 Å². The highest BCUT2D eigenvalue weighted by Crippen LogP contribution is 2.33. The number of nitrogens with zero attached hydrogens (tertiary/aromatic N) is 2. The van der Waals surface area contributed by atoms with Gasteiger partial charge in [0.2, 0.25) is 11.8 Å². The molecule has 0 fully saturated rings. The Morgan fingerprint density at radius 3 is 2.10 bits per heavy atom. The molecule has 0 aliphatic carbocycles. The number of halogens is 2. The summed E-state index contributed by atoms with van der Waals surface area (Å²) >= 11 is 12.9. The van der Waals surface area contributed by atoms with E-state index in [9.17, 15) is 18.0 Å². The van der Waals surface area contributed by atoms with Gasteiger partial charge in [0.25, 0.3) is 10.0 Å². The zero-order chi connectivity index (χ0) is 30.2. The van der Waals surface area contributed by atoms with E-state index in [1.807, 2.05) is 13.8 Å². The molecule has 0 bridgehead atoms. The van der Waals surface area contributed by atoms with Crippen LogP contribution in [0.2, 0.25) is 10.0 Å². The second kappa shape index (κ2) is 14.6. The lowest BCUT2D eigenvalue weighted by Gasteiger charge is -2.34. The van der Waals surface area contributed by atoms with Gasteiger partial charge in [0.05, 0.1) is 17.7 Å². The summed E-state index contributed by atoms with van der Waals surface area (Å²) in [5, 5.41) is 3.59. The van der Waals surface area contributed by atoms with Crippen LogP contribution >= 0.6 is 23.2 Å². The van der Waals surface area contributed by atoms with E-state index in [0.29, 0.717) is 22.0 Å². The molecule has 11 heteroatoms. The number of carbonyl (C=O) groups is 2. The van der Waals surface area contributed by atoms with Crippen molar-refractivity contribution in [1.29, 1.82) is 0 Å². The first-order valence-corrected chi connectivity index (χ1v) is 15.5. The van der Waals surface area contributed by atoms with E-state index in [1.165, 1.54) is 24.1 Å². The normalized spacial score (nSPS) is 12.7. The fourth-order valence-electron chi connectivity index (χ4n) is 4.28. The SMILES string of the molecule is CC[C@H](C)NC(=O)[C@H](CC)N(Cc1c(Cl)cccc1Cl)C(=O)CN(c1ccccc1OC)S(=O)(=O)c1ccccc1. The Labute approximate surface area is 252 Å². The highest BCUT2D eigenvalue weighted by atomic mass is 35.5. The molecule has 220 valence electrons. The summed E-state index contributed by atoms with van der Waals surface area (Å²) in [6.07, 6.45) is 0.972. The predicted octanol–water partition coefficient (Wildman–Crippen LogP) is 5.92. The van der Waals surface area contributed by atoms with Crippen LogP contribution in [0.15, 0.2) is 77.7 Å². The van der Waals surface area contributed by atoms with E-state index >= 15 is 0 Å². The number of amides is 2. The van der Waals surface area contributed by atoms with E-state index in [2.05, 4.69) is 5.32 Å². The summed E-state index contributed by atoms with van der Waals surface area (Å²) in [5.41, 5.74) is 0.633. The third kappa shape index (κ3) is 7.72. The molecule has 3 aromatic carbocycles. The van der Waals surface area contributed by atoms with Crippen molar-refractivity contribution in [1.82, 2.24) is 10.2 Å². The van der Waals surface area contributed by atoms with Gasteiger partial charge in [-0.1, -0.05) is 73.4 Å². The number of hydrogen-bond acceptors (Lipinski definition) is 5. The van der Waals surface area contributed by atoms with E-state index in [4.69, 9.17) is 27.9 Å². The van der Waals surface area contributed by atoms with Crippen molar-refractivity contribution in [3.05, 3.63) is 88.4 Å². The van der Waals surface area contributed by atoms with Gasteiger partial charge in [-0.25, -0.2) is 8.42 Å². The highest BCUT2D eigenvalue weighted by Gasteiger charge is 2.35. The lowest BCUT2D eigenvalue weighted by atomic mass is 10.1. The molecule has 41 heavy (non-hydrogen) atoms. The monoisotopic (exact) mass is 619 g/mol. The average Bonchev–Trinajstić information content (AvgIpc) is 2.97. The number of hydrogen-bond donors (Lipinski definition) is 1. The Bertz CT molecular complexity index is 1430. The lowest BCUT2D eigenvalue weighted by Crippen LogP contribution is -2.53. The van der Waals surface area contributed by atoms with E-state index in [0.717, 1.165) is 4.31 Å². The first-order chi connectivity index (χ1) is 19.5. The van der Waals surface area contributed by atoms with Crippen LogP contribution < -0.4 is 14.4 Å². The zero-order valence-electron chi connectivity index (χ0n) is 23.5. The summed E-state index contributed by atoms with van der Waals surface area (Å²) in [6, 6.07) is 18.3. The minimum absolute atomic E-state index is 0.000888. The maximum absolute atomic E-state index is 14.2. The van der Waals surface area contributed by atoms with Gasteiger partial charge in [-0.15, -0.1) is 0 Å². The van der Waals surface area contributed by atoms with Crippen molar-refractivity contribution in [2.75, 3.05) is 18.0 Å². The van der Waals surface area contributed by atoms with Crippen LogP contribution in [0.5, 0.6) is 5.75 Å². The molecule has 8 nitrogen and oxygen atoms in total. The second-order valence-corrected chi connectivity index (χ2v) is 12.1. The van der Waals surface area contributed by atoms with Crippen LogP contribution in [0.3, 0.4) is 0 Å². The Morgan fingerprint density at radius 2 is 1.51 bits per heavy atom. The largest absolute Gasteiger partial charge is 0.495 e. The van der Waals surface area contributed by atoms with Gasteiger partial charge in [-0.3, -0.25) is 13.9 Å². The van der Waals surface area contributed by atoms with E-state index in [-0.39, 0.29) is 41.2 Å². The molecule has 2 amide bonds. The minimum Gasteiger partial charge on any atom is -0.495 e. The average molecular weight is 621 g/mol. The molecule has 0 unspecified atom stereocenters. The van der Waals surface area contributed by atoms with Crippen molar-refractivity contribution in [3.63, 3.8) is 0 Å². The summed E-state index contributed by atoms with van der Waals surface area (Å²) < 4.78 is 34.4. The quantitative estimate of drug-likeness (QED) is 0.256. The van der Waals surface area contributed by atoms with Crippen LogP contribution in [-0.2, 0) is 26.2 Å². The number of nitrogens with one attached hydrogen (secondary N) is 1. The molecule has 3 aromatic rings. The molecule has 1 N–H and O–H groups in total. The Balaban J connectivity index is 2.13. The van der Waals surface area contributed by atoms with E-state index < -0.39 is 28.5 Å². The Kier molecular flexibility index (Phi) is 11.5. The smallest absolute Gasteiger partial charge is 0.264 e. The van der Waals surface area contributed by atoms with Gasteiger partial charge < -0.3 is 15.0 Å². The molecule has 0 aliphatic rings. The molecular weight excluding hydrogens is 585 g/mol. The van der Waals surface area contributed by atoms with Crippen LogP contribution in [-0.4, -0.2) is 50.9 Å². The number of sulfonamides is 1. The molecule has 0 saturated heterocycles. The molecular formula is C30H35Cl2N3O5S. The van der Waals surface area contributed by atoms with Crippen LogP contribution in [0, 0.1) is 0 Å². The van der Waals surface area contributed by atoms with Gasteiger partial charge in [-0.05, 0) is 56.2 Å². The highest BCUT2D eigenvalue weighted by molar-refractivity contribution is 7.92. The standard InChI is InChI=1S/C30H35Cl2N3O5S/c1-5-21(3)33-30(37)26(6-2)34(19-23-24(31)15-12-16-25(23)32)29(36)20-35(27-17-10-11-18-28(27)40-4)41(38,39)22-13-8-7-9-14-22/h7-18,21,26H,5-6,19-20H2,1-4H3,(H,33,37)/t21-,26-/m0/s1. The molecule has 0 saturated carbocycles. The zero-order valence-corrected chi connectivity index (χ0v) is 25.8. The van der Waals surface area contributed by atoms with Crippen LogP contribution in [0.4, 0.5) is 5.69 Å². The van der Waals surface area contributed by atoms with E-state index in [1.54, 1.807) is 67.6 Å². The number of rotatable bonds is 13. The van der Waals surface area contributed by atoms with Gasteiger partial charge >= 0.3 is 0 Å². The van der Waals surface area contributed by atoms with Gasteiger partial charge in [-0.2, -0.15) is 0 Å². The molecule has 0 spiro atoms. The predicted molar refractivity (Wildman–Crippen MR) is 163 cm³/mol. The number of benzene rings is 3. The molecule has 0 heterocycles. The van der Waals surface area contributed by atoms with Gasteiger partial charge in [0.15, 0.2) is 0 Å². The lowest BCUT2D eigenvalue weighted by molar-refractivity contribution is -0.140. The third-order valence-corrected chi connectivity index (χ3v) is 9.22. The number of methoxy groups -OCH3 is 1. The number of ether oxygens (including phenoxy) is 1. The van der Waals surface area contributed by atoms with Crippen molar-refractivity contribution in [2.45, 2.75) is 57.1 Å². The summed E-state index contributed by atoms with van der Waals surface area (Å²) in [4.78, 5) is 28.9. The third-order valence-electron chi connectivity index (χ3n) is 6.74. The Hall–Kier alpha value is -3.27. The summed E-state index contributed by atoms with van der Waals surface area (Å²) in [6.45, 7) is 4.89. The van der Waals surface area contributed by atoms with Crippen LogP contribution in [0.1, 0.15) is 39.2 Å². The first kappa shape index (κ1) is 32.2. The summed E-state index contributed by atoms with van der Waals surface area (Å²) in [7, 11) is -2.80. The fourth-order valence-corrected chi connectivity index (χ4v) is 6.25. The molecule has 0 radical (unpaired) electrons. The first-order valence-electron chi connectivity index (χ1n) is 13.3. The topological polar surface area (TPSA) is 96.0 Å². The molecule has 3 rings (SSSR count).